The molecule has 2 aliphatic heterocycles. The fourth-order valence-electron chi connectivity index (χ4n) is 2.67. The average molecular weight is 467 g/mol. The normalized spacial score (nSPS) is 23.9. The molecule has 0 aromatic heterocycles. The Labute approximate surface area is 166 Å². The third kappa shape index (κ3) is 8.21. The van der Waals surface area contributed by atoms with E-state index in [1.54, 1.807) is 14.1 Å². The number of hydrogen-bond acceptors (Lipinski definition) is 4. The Morgan fingerprint density at radius 3 is 2.76 bits per heavy atom. The average Bonchev–Trinajstić information content (AvgIpc) is 2.59. The predicted molar refractivity (Wildman–Crippen MR) is 107 cm³/mol. The van der Waals surface area contributed by atoms with E-state index >= 15 is 0 Å². The molecular weight excluding hydrogens is 437 g/mol. The summed E-state index contributed by atoms with van der Waals surface area (Å²) in [5.41, 5.74) is 0. The summed E-state index contributed by atoms with van der Waals surface area (Å²) >= 11 is 0. The summed E-state index contributed by atoms with van der Waals surface area (Å²) in [6.45, 7) is 2.13. The van der Waals surface area contributed by atoms with Crippen LogP contribution in [0.5, 0.6) is 0 Å². The molecule has 2 rings (SSSR count). The Bertz CT molecular complexity index is 457. The lowest BCUT2D eigenvalue weighted by atomic mass is 10.1. The molecule has 9 heteroatoms. The summed E-state index contributed by atoms with van der Waals surface area (Å²) < 4.78 is 5.72. The zero-order chi connectivity index (χ0) is 17.4. The first-order chi connectivity index (χ1) is 11.5. The third-order valence-corrected chi connectivity index (χ3v) is 4.25. The summed E-state index contributed by atoms with van der Waals surface area (Å²) in [6.07, 6.45) is 4.79. The lowest BCUT2D eigenvalue weighted by Crippen LogP contribution is -2.52. The lowest BCUT2D eigenvalue weighted by molar-refractivity contribution is -0.127. The number of hydrogen-bond donors (Lipinski definition) is 3. The number of guanidine groups is 1. The highest BCUT2D eigenvalue weighted by atomic mass is 127. The van der Waals surface area contributed by atoms with Gasteiger partial charge < -0.3 is 25.6 Å². The highest BCUT2D eigenvalue weighted by Crippen LogP contribution is 2.11. The van der Waals surface area contributed by atoms with Gasteiger partial charge in [0.15, 0.2) is 5.96 Å². The summed E-state index contributed by atoms with van der Waals surface area (Å²) in [6, 6.07) is 0.121. The van der Waals surface area contributed by atoms with E-state index < -0.39 is 0 Å². The first-order valence-electron chi connectivity index (χ1n) is 8.68. The zero-order valence-electron chi connectivity index (χ0n) is 15.0. The van der Waals surface area contributed by atoms with Crippen LogP contribution in [0.25, 0.3) is 0 Å². The van der Waals surface area contributed by atoms with Gasteiger partial charge in [0.1, 0.15) is 6.54 Å². The highest BCUT2D eigenvalue weighted by molar-refractivity contribution is 14.0. The number of ether oxygens (including phenoxy) is 1. The molecule has 2 heterocycles. The minimum absolute atomic E-state index is 0. The number of carbonyl (C=O) groups excluding carboxylic acids is 2. The topological polar surface area (TPSA) is 95.1 Å². The van der Waals surface area contributed by atoms with Crippen LogP contribution in [-0.4, -0.2) is 75.2 Å². The van der Waals surface area contributed by atoms with Crippen molar-refractivity contribution in [3.63, 3.8) is 0 Å². The van der Waals surface area contributed by atoms with Gasteiger partial charge in [0.2, 0.25) is 11.8 Å². The molecule has 0 aromatic carbocycles. The minimum Gasteiger partial charge on any atom is -0.376 e. The molecular formula is C16H30IN5O3. The Balaban J connectivity index is 0.00000312. The van der Waals surface area contributed by atoms with Crippen LogP contribution in [0.4, 0.5) is 0 Å². The van der Waals surface area contributed by atoms with Crippen molar-refractivity contribution in [1.29, 1.82) is 0 Å². The molecule has 2 amide bonds. The summed E-state index contributed by atoms with van der Waals surface area (Å²) in [7, 11) is 3.43. The number of halogens is 1. The van der Waals surface area contributed by atoms with Gasteiger partial charge in [-0.25, -0.2) is 4.99 Å². The van der Waals surface area contributed by atoms with Crippen LogP contribution >= 0.6 is 24.0 Å². The molecule has 144 valence electrons. The van der Waals surface area contributed by atoms with Crippen LogP contribution in [-0.2, 0) is 14.3 Å². The minimum atomic E-state index is -0.0537. The van der Waals surface area contributed by atoms with Gasteiger partial charge in [-0.05, 0) is 25.7 Å². The molecule has 0 aliphatic carbocycles. The fourth-order valence-corrected chi connectivity index (χ4v) is 2.67. The number of aliphatic imine (C=N–C) groups is 1. The lowest BCUT2D eigenvalue weighted by Gasteiger charge is -2.27. The van der Waals surface area contributed by atoms with Crippen LogP contribution in [0.3, 0.4) is 0 Å². The van der Waals surface area contributed by atoms with Gasteiger partial charge in [0.25, 0.3) is 0 Å². The van der Waals surface area contributed by atoms with Crippen LogP contribution in [0.2, 0.25) is 0 Å². The molecule has 0 saturated carbocycles. The summed E-state index contributed by atoms with van der Waals surface area (Å²) in [5.74, 6) is 0.625. The van der Waals surface area contributed by atoms with Crippen molar-refractivity contribution in [1.82, 2.24) is 20.9 Å². The molecule has 2 atom stereocenters. The molecule has 0 aromatic rings. The van der Waals surface area contributed by atoms with E-state index in [1.165, 1.54) is 11.3 Å². The smallest absolute Gasteiger partial charge is 0.243 e. The van der Waals surface area contributed by atoms with Crippen molar-refractivity contribution >= 4 is 41.8 Å². The quantitative estimate of drug-likeness (QED) is 0.303. The van der Waals surface area contributed by atoms with Crippen molar-refractivity contribution in [2.45, 2.75) is 44.2 Å². The van der Waals surface area contributed by atoms with E-state index in [4.69, 9.17) is 4.74 Å². The van der Waals surface area contributed by atoms with Crippen molar-refractivity contribution in [2.24, 2.45) is 4.99 Å². The fraction of sp³-hybridized carbons (Fsp3) is 0.812. The molecule has 8 nitrogen and oxygen atoms in total. The zero-order valence-corrected chi connectivity index (χ0v) is 17.4. The van der Waals surface area contributed by atoms with E-state index in [1.807, 2.05) is 0 Å². The van der Waals surface area contributed by atoms with Crippen molar-refractivity contribution in [3.8, 4) is 0 Å². The Kier molecular flexibility index (Phi) is 10.1. The number of likely N-dealkylation sites (N-methyl/N-ethyl adjacent to an activating group) is 1. The maximum absolute atomic E-state index is 11.8. The molecule has 25 heavy (non-hydrogen) atoms. The molecule has 2 fully saturated rings. The molecule has 0 radical (unpaired) electrons. The Morgan fingerprint density at radius 2 is 2.16 bits per heavy atom. The van der Waals surface area contributed by atoms with Crippen LogP contribution in [0.15, 0.2) is 4.99 Å². The number of carbonyl (C=O) groups is 2. The van der Waals surface area contributed by atoms with Gasteiger partial charge in [0.05, 0.1) is 6.10 Å². The number of nitrogens with zero attached hydrogens (tertiary/aromatic N) is 2. The number of amides is 2. The highest BCUT2D eigenvalue weighted by Gasteiger charge is 2.20. The molecule has 3 N–H and O–H groups in total. The number of piperidine rings is 1. The Hall–Kier alpha value is -1.10. The molecule has 0 bridgehead atoms. The van der Waals surface area contributed by atoms with E-state index in [0.717, 1.165) is 25.9 Å². The van der Waals surface area contributed by atoms with Crippen LogP contribution < -0.4 is 16.0 Å². The molecule has 2 unspecified atom stereocenters. The van der Waals surface area contributed by atoms with Crippen molar-refractivity contribution in [3.05, 3.63) is 0 Å². The van der Waals surface area contributed by atoms with Crippen LogP contribution in [0.1, 0.15) is 32.1 Å². The largest absolute Gasteiger partial charge is 0.376 e. The molecule has 0 spiro atoms. The monoisotopic (exact) mass is 467 g/mol. The van der Waals surface area contributed by atoms with Gasteiger partial charge in [0, 0.05) is 46.3 Å². The second-order valence-electron chi connectivity index (χ2n) is 6.51. The van der Waals surface area contributed by atoms with Crippen molar-refractivity contribution in [2.75, 3.05) is 40.3 Å². The van der Waals surface area contributed by atoms with E-state index in [9.17, 15) is 9.59 Å². The number of rotatable bonds is 5. The van der Waals surface area contributed by atoms with Gasteiger partial charge in [-0.1, -0.05) is 0 Å². The van der Waals surface area contributed by atoms with Gasteiger partial charge in [-0.2, -0.15) is 0 Å². The predicted octanol–water partition coefficient (Wildman–Crippen LogP) is 0.0755. The third-order valence-electron chi connectivity index (χ3n) is 4.25. The van der Waals surface area contributed by atoms with Crippen molar-refractivity contribution < 1.29 is 14.3 Å². The standard InChI is InChI=1S/C16H29N5O3.HI/c1-21(2)15(23)11-19-16(18-10-13-5-3-4-8-24-13)20-12-6-7-14(22)17-9-12;/h12-13H,3-11H2,1-2H3,(H,17,22)(H2,18,19,20);1H. The van der Waals surface area contributed by atoms with Gasteiger partial charge in [-0.3, -0.25) is 9.59 Å². The van der Waals surface area contributed by atoms with E-state index in [0.29, 0.717) is 25.5 Å². The first-order valence-corrected chi connectivity index (χ1v) is 8.68. The van der Waals surface area contributed by atoms with E-state index in [2.05, 4.69) is 20.9 Å². The summed E-state index contributed by atoms with van der Waals surface area (Å²) in [4.78, 5) is 28.9. The van der Waals surface area contributed by atoms with Gasteiger partial charge in [-0.15, -0.1) is 24.0 Å². The maximum Gasteiger partial charge on any atom is 0.243 e. The first kappa shape index (κ1) is 21.9. The Morgan fingerprint density at radius 1 is 1.36 bits per heavy atom. The van der Waals surface area contributed by atoms with E-state index in [-0.39, 0.29) is 54.5 Å². The SMILES string of the molecule is CN(C)C(=O)CN=C(NCC1CCCCO1)NC1CCC(=O)NC1.I. The maximum atomic E-state index is 11.8. The van der Waals surface area contributed by atoms with Crippen LogP contribution in [0, 0.1) is 0 Å². The molecule has 2 aliphatic rings. The second kappa shape index (κ2) is 11.5. The van der Waals surface area contributed by atoms with Gasteiger partial charge >= 0.3 is 0 Å². The second-order valence-corrected chi connectivity index (χ2v) is 6.51. The number of nitrogens with one attached hydrogen (secondary N) is 3. The summed E-state index contributed by atoms with van der Waals surface area (Å²) in [5, 5.41) is 9.42. The molecule has 2 saturated heterocycles.